The first-order valence-electron chi connectivity index (χ1n) is 10.2. The molecule has 2 saturated heterocycles. The molecule has 5 rings (SSSR count). The van der Waals surface area contributed by atoms with Gasteiger partial charge in [0.15, 0.2) is 0 Å². The molecule has 1 amide bonds. The van der Waals surface area contributed by atoms with Crippen LogP contribution >= 0.6 is 0 Å². The molecule has 1 spiro atoms. The molecule has 2 fully saturated rings. The van der Waals surface area contributed by atoms with Crippen molar-refractivity contribution < 1.29 is 14.3 Å². The van der Waals surface area contributed by atoms with E-state index in [0.717, 1.165) is 5.56 Å². The summed E-state index contributed by atoms with van der Waals surface area (Å²) in [5.74, 6) is -0.214. The molecule has 2 aliphatic rings. The van der Waals surface area contributed by atoms with Crippen molar-refractivity contribution >= 4 is 11.9 Å². The fourth-order valence-corrected chi connectivity index (χ4v) is 4.55. The zero-order chi connectivity index (χ0) is 20.6. The van der Waals surface area contributed by atoms with E-state index in [4.69, 9.17) is 4.74 Å². The molecule has 2 aromatic heterocycles. The summed E-state index contributed by atoms with van der Waals surface area (Å²) in [5, 5.41) is 0. The highest BCUT2D eigenvalue weighted by Crippen LogP contribution is 2.43. The Morgan fingerprint density at radius 3 is 2.77 bits per heavy atom. The Hall–Kier alpha value is -3.42. The number of H-pyrrole nitrogens is 1. The van der Waals surface area contributed by atoms with Crippen molar-refractivity contribution in [2.75, 3.05) is 13.1 Å². The van der Waals surface area contributed by atoms with Gasteiger partial charge in [-0.1, -0.05) is 30.3 Å². The molecule has 1 N–H and O–H groups in total. The van der Waals surface area contributed by atoms with Crippen molar-refractivity contribution in [2.24, 2.45) is 5.41 Å². The topological polar surface area (TPSA) is 93.1 Å². The largest absolute Gasteiger partial charge is 0.460 e. The Morgan fingerprint density at radius 1 is 1.23 bits per heavy atom. The minimum atomic E-state index is -0.488. The zero-order valence-corrected chi connectivity index (χ0v) is 16.5. The van der Waals surface area contributed by atoms with E-state index < -0.39 is 5.41 Å². The summed E-state index contributed by atoms with van der Waals surface area (Å²) < 4.78 is 7.60. The molecule has 30 heavy (non-hydrogen) atoms. The predicted octanol–water partition coefficient (Wildman–Crippen LogP) is 2.51. The number of aromatic amines is 1. The van der Waals surface area contributed by atoms with Crippen molar-refractivity contribution in [2.45, 2.75) is 31.9 Å². The third kappa shape index (κ3) is 3.28. The Balaban J connectivity index is 1.26. The number of imidazole rings is 2. The van der Waals surface area contributed by atoms with Gasteiger partial charge in [-0.05, 0) is 12.8 Å². The number of ether oxygens (including phenoxy) is 1. The molecule has 4 heterocycles. The van der Waals surface area contributed by atoms with Crippen LogP contribution in [0.15, 0.2) is 55.4 Å². The molecule has 154 valence electrons. The molecule has 0 bridgehead atoms. The molecule has 1 unspecified atom stereocenters. The molecule has 1 aromatic carbocycles. The van der Waals surface area contributed by atoms with E-state index in [1.807, 2.05) is 46.0 Å². The summed E-state index contributed by atoms with van der Waals surface area (Å²) in [6, 6.07) is 9.66. The zero-order valence-electron chi connectivity index (χ0n) is 16.5. The summed E-state index contributed by atoms with van der Waals surface area (Å²) in [5.41, 5.74) is 1.56. The Labute approximate surface area is 173 Å². The van der Waals surface area contributed by atoms with E-state index in [9.17, 15) is 9.59 Å². The van der Waals surface area contributed by atoms with Gasteiger partial charge in [0.25, 0.3) is 5.91 Å². The summed E-state index contributed by atoms with van der Waals surface area (Å²) in [6.45, 7) is 1.67. The van der Waals surface area contributed by atoms with E-state index in [0.29, 0.717) is 50.3 Å². The number of hydrogen-bond acceptors (Lipinski definition) is 5. The maximum atomic E-state index is 13.1. The number of piperidine rings is 1. The second-order valence-corrected chi connectivity index (χ2v) is 8.06. The summed E-state index contributed by atoms with van der Waals surface area (Å²) in [7, 11) is 0. The number of hydrogen-bond donors (Lipinski definition) is 1. The van der Waals surface area contributed by atoms with Gasteiger partial charge in [0.1, 0.15) is 17.5 Å². The minimum Gasteiger partial charge on any atom is -0.460 e. The van der Waals surface area contributed by atoms with Gasteiger partial charge < -0.3 is 19.2 Å². The van der Waals surface area contributed by atoms with Crippen molar-refractivity contribution in [1.29, 1.82) is 0 Å². The van der Waals surface area contributed by atoms with Gasteiger partial charge in [-0.15, -0.1) is 0 Å². The first-order chi connectivity index (χ1) is 14.6. The standard InChI is InChI=1S/C22H23N5O3/c28-20(19-18(24-14-25-19)16-4-2-1-3-5-16)27-9-6-22(7-10-27)12-17(30-21(22)29)13-26-11-8-23-15-26/h1-5,8,11,14-15,17H,6-7,9-10,12-13H2,(H,24,25). The number of esters is 1. The Morgan fingerprint density at radius 2 is 2.03 bits per heavy atom. The van der Waals surface area contributed by atoms with Crippen LogP contribution in [0.25, 0.3) is 11.3 Å². The lowest BCUT2D eigenvalue weighted by Gasteiger charge is -2.36. The lowest BCUT2D eigenvalue weighted by Crippen LogP contribution is -2.45. The van der Waals surface area contributed by atoms with Crippen molar-refractivity contribution in [1.82, 2.24) is 24.4 Å². The molecule has 0 radical (unpaired) electrons. The number of likely N-dealkylation sites (tertiary alicyclic amines) is 1. The minimum absolute atomic E-state index is 0.0810. The second kappa shape index (κ2) is 7.44. The summed E-state index contributed by atoms with van der Waals surface area (Å²) >= 11 is 0. The van der Waals surface area contributed by atoms with Crippen LogP contribution in [-0.2, 0) is 16.1 Å². The number of amides is 1. The van der Waals surface area contributed by atoms with Gasteiger partial charge in [0.05, 0.1) is 24.6 Å². The molecule has 8 nitrogen and oxygen atoms in total. The van der Waals surface area contributed by atoms with Crippen LogP contribution in [0.2, 0.25) is 0 Å². The van der Waals surface area contributed by atoms with Crippen molar-refractivity contribution in [3.8, 4) is 11.3 Å². The summed E-state index contributed by atoms with van der Waals surface area (Å²) in [4.78, 5) is 39.0. The Kier molecular flexibility index (Phi) is 4.61. The fourth-order valence-electron chi connectivity index (χ4n) is 4.55. The van der Waals surface area contributed by atoms with Gasteiger partial charge in [-0.25, -0.2) is 9.97 Å². The molecule has 0 saturated carbocycles. The maximum absolute atomic E-state index is 13.1. The third-order valence-electron chi connectivity index (χ3n) is 6.21. The molecular weight excluding hydrogens is 382 g/mol. The van der Waals surface area contributed by atoms with Crippen molar-refractivity contribution in [3.63, 3.8) is 0 Å². The number of carbonyl (C=O) groups is 2. The number of aromatic nitrogens is 4. The van der Waals surface area contributed by atoms with Gasteiger partial charge in [0.2, 0.25) is 0 Å². The quantitative estimate of drug-likeness (QED) is 0.673. The molecule has 0 aliphatic carbocycles. The number of benzene rings is 1. The molecule has 1 atom stereocenters. The molecular formula is C22H23N5O3. The normalized spacial score (nSPS) is 20.5. The SMILES string of the molecule is O=C(c1[nH]cnc1-c1ccccc1)N1CCC2(CC1)CC(Cn1ccnc1)OC2=O. The van der Waals surface area contributed by atoms with Crippen LogP contribution < -0.4 is 0 Å². The average Bonchev–Trinajstić information content (AvgIpc) is 3.51. The van der Waals surface area contributed by atoms with Gasteiger partial charge in [0, 0.05) is 37.5 Å². The highest BCUT2D eigenvalue weighted by Gasteiger charge is 2.51. The third-order valence-corrected chi connectivity index (χ3v) is 6.21. The van der Waals surface area contributed by atoms with Crippen LogP contribution in [0.4, 0.5) is 0 Å². The monoisotopic (exact) mass is 405 g/mol. The van der Waals surface area contributed by atoms with E-state index in [1.54, 1.807) is 18.9 Å². The van der Waals surface area contributed by atoms with E-state index in [-0.39, 0.29) is 18.0 Å². The van der Waals surface area contributed by atoms with Crippen LogP contribution in [0.3, 0.4) is 0 Å². The van der Waals surface area contributed by atoms with E-state index in [1.165, 1.54) is 0 Å². The van der Waals surface area contributed by atoms with Gasteiger partial charge >= 0.3 is 5.97 Å². The van der Waals surface area contributed by atoms with Crippen LogP contribution in [0.5, 0.6) is 0 Å². The molecule has 2 aliphatic heterocycles. The van der Waals surface area contributed by atoms with Crippen LogP contribution in [0, 0.1) is 5.41 Å². The number of cyclic esters (lactones) is 1. The highest BCUT2D eigenvalue weighted by atomic mass is 16.6. The average molecular weight is 405 g/mol. The van der Waals surface area contributed by atoms with Crippen molar-refractivity contribution in [3.05, 3.63) is 61.1 Å². The van der Waals surface area contributed by atoms with Crippen LogP contribution in [-0.4, -0.2) is 55.5 Å². The number of carbonyl (C=O) groups excluding carboxylic acids is 2. The van der Waals surface area contributed by atoms with Gasteiger partial charge in [-0.2, -0.15) is 0 Å². The molecule has 8 heteroatoms. The van der Waals surface area contributed by atoms with E-state index in [2.05, 4.69) is 15.0 Å². The van der Waals surface area contributed by atoms with E-state index >= 15 is 0 Å². The fraction of sp³-hybridized carbons (Fsp3) is 0.364. The lowest BCUT2D eigenvalue weighted by atomic mass is 9.76. The Bertz CT molecular complexity index is 1040. The lowest BCUT2D eigenvalue weighted by molar-refractivity contribution is -0.150. The number of nitrogens with one attached hydrogen (secondary N) is 1. The first-order valence-corrected chi connectivity index (χ1v) is 10.2. The highest BCUT2D eigenvalue weighted by molar-refractivity contribution is 5.98. The number of nitrogens with zero attached hydrogens (tertiary/aromatic N) is 4. The molecule has 3 aromatic rings. The van der Waals surface area contributed by atoms with Gasteiger partial charge in [-0.3, -0.25) is 9.59 Å². The number of rotatable bonds is 4. The maximum Gasteiger partial charge on any atom is 0.312 e. The summed E-state index contributed by atoms with van der Waals surface area (Å²) in [6.07, 6.45) is 8.65. The predicted molar refractivity (Wildman–Crippen MR) is 108 cm³/mol. The first kappa shape index (κ1) is 18.6. The second-order valence-electron chi connectivity index (χ2n) is 8.06. The van der Waals surface area contributed by atoms with Crippen LogP contribution in [0.1, 0.15) is 29.8 Å². The smallest absolute Gasteiger partial charge is 0.312 e.